The first kappa shape index (κ1) is 15.0. The summed E-state index contributed by atoms with van der Waals surface area (Å²) in [6.07, 6.45) is 5.10. The number of hydrogen-bond acceptors (Lipinski definition) is 4. The fourth-order valence-corrected chi connectivity index (χ4v) is 3.10. The number of carbonyl (C=O) groups is 1. The van der Waals surface area contributed by atoms with Crippen molar-refractivity contribution in [3.63, 3.8) is 0 Å². The fraction of sp³-hybridized carbons (Fsp3) is 0.400. The summed E-state index contributed by atoms with van der Waals surface area (Å²) in [6, 6.07) is 5.71. The fourth-order valence-electron chi connectivity index (χ4n) is 2.68. The molecule has 7 heteroatoms. The van der Waals surface area contributed by atoms with Crippen LogP contribution in [-0.4, -0.2) is 46.0 Å². The standard InChI is InChI=1S/C15H17BrN4O2/c1-22-12-2-3-14(16)13(10-12)15(21)19-8-4-11(5-9-19)20-17-6-7-18-20/h2-3,6-7,10-11H,4-5,8-9H2,1H3. The molecule has 0 atom stereocenters. The lowest BCUT2D eigenvalue weighted by Crippen LogP contribution is -2.39. The van der Waals surface area contributed by atoms with Gasteiger partial charge in [0.25, 0.3) is 5.91 Å². The number of halogens is 1. The Labute approximate surface area is 137 Å². The summed E-state index contributed by atoms with van der Waals surface area (Å²) in [6.45, 7) is 1.41. The molecule has 1 saturated heterocycles. The van der Waals surface area contributed by atoms with Crippen LogP contribution in [0, 0.1) is 0 Å². The smallest absolute Gasteiger partial charge is 0.255 e. The van der Waals surface area contributed by atoms with Gasteiger partial charge in [-0.2, -0.15) is 15.0 Å². The van der Waals surface area contributed by atoms with Crippen LogP contribution in [0.2, 0.25) is 0 Å². The van der Waals surface area contributed by atoms with Crippen molar-refractivity contribution >= 4 is 21.8 Å². The largest absolute Gasteiger partial charge is 0.497 e. The first-order valence-electron chi connectivity index (χ1n) is 7.17. The van der Waals surface area contributed by atoms with Crippen molar-refractivity contribution in [2.24, 2.45) is 0 Å². The Morgan fingerprint density at radius 3 is 2.59 bits per heavy atom. The molecule has 1 aromatic heterocycles. The Bertz CT molecular complexity index is 652. The van der Waals surface area contributed by atoms with Crippen molar-refractivity contribution in [1.82, 2.24) is 19.9 Å². The number of nitrogens with zero attached hydrogens (tertiary/aromatic N) is 4. The second kappa shape index (κ2) is 6.48. The predicted molar refractivity (Wildman–Crippen MR) is 84.9 cm³/mol. The van der Waals surface area contributed by atoms with E-state index in [1.54, 1.807) is 30.4 Å². The average Bonchev–Trinajstić information content (AvgIpc) is 3.09. The number of likely N-dealkylation sites (tertiary alicyclic amines) is 1. The highest BCUT2D eigenvalue weighted by Crippen LogP contribution is 2.27. The van der Waals surface area contributed by atoms with E-state index in [-0.39, 0.29) is 11.9 Å². The highest BCUT2D eigenvalue weighted by atomic mass is 79.9. The van der Waals surface area contributed by atoms with Gasteiger partial charge in [0.2, 0.25) is 0 Å². The lowest BCUT2D eigenvalue weighted by molar-refractivity contribution is 0.0682. The van der Waals surface area contributed by atoms with E-state index < -0.39 is 0 Å². The molecule has 1 amide bonds. The Hall–Kier alpha value is -1.89. The minimum absolute atomic E-state index is 0.0256. The van der Waals surface area contributed by atoms with E-state index in [9.17, 15) is 4.79 Å². The van der Waals surface area contributed by atoms with Gasteiger partial charge in [-0.1, -0.05) is 0 Å². The van der Waals surface area contributed by atoms with E-state index in [0.29, 0.717) is 24.4 Å². The number of carbonyl (C=O) groups excluding carboxylic acids is 1. The molecule has 2 heterocycles. The van der Waals surface area contributed by atoms with Crippen LogP contribution in [-0.2, 0) is 0 Å². The molecule has 2 aromatic rings. The lowest BCUT2D eigenvalue weighted by Gasteiger charge is -2.31. The summed E-state index contributed by atoms with van der Waals surface area (Å²) in [7, 11) is 1.60. The van der Waals surface area contributed by atoms with Crippen LogP contribution in [0.3, 0.4) is 0 Å². The summed E-state index contributed by atoms with van der Waals surface area (Å²) in [4.78, 5) is 16.3. The number of benzene rings is 1. The van der Waals surface area contributed by atoms with Gasteiger partial charge >= 0.3 is 0 Å². The Morgan fingerprint density at radius 2 is 1.95 bits per heavy atom. The molecule has 0 spiro atoms. The van der Waals surface area contributed by atoms with Crippen molar-refractivity contribution in [1.29, 1.82) is 0 Å². The number of aromatic nitrogens is 3. The number of piperidine rings is 1. The van der Waals surface area contributed by atoms with E-state index >= 15 is 0 Å². The molecule has 1 aliphatic rings. The Morgan fingerprint density at radius 1 is 1.27 bits per heavy atom. The molecule has 1 fully saturated rings. The Balaban J connectivity index is 1.69. The van der Waals surface area contributed by atoms with Crippen LogP contribution in [0.1, 0.15) is 29.2 Å². The van der Waals surface area contributed by atoms with Crippen LogP contribution in [0.15, 0.2) is 35.1 Å². The van der Waals surface area contributed by atoms with E-state index in [1.807, 2.05) is 17.0 Å². The second-order valence-electron chi connectivity index (χ2n) is 5.22. The maximum atomic E-state index is 12.7. The number of rotatable bonds is 3. The maximum absolute atomic E-state index is 12.7. The predicted octanol–water partition coefficient (Wildman–Crippen LogP) is 2.53. The summed E-state index contributed by atoms with van der Waals surface area (Å²) >= 11 is 3.44. The molecule has 0 bridgehead atoms. The van der Waals surface area contributed by atoms with Gasteiger partial charge in [0.05, 0.1) is 31.1 Å². The van der Waals surface area contributed by atoms with E-state index in [0.717, 1.165) is 17.3 Å². The molecule has 22 heavy (non-hydrogen) atoms. The third-order valence-corrected chi connectivity index (χ3v) is 4.61. The van der Waals surface area contributed by atoms with Crippen molar-refractivity contribution < 1.29 is 9.53 Å². The second-order valence-corrected chi connectivity index (χ2v) is 6.07. The molecule has 1 aliphatic heterocycles. The van der Waals surface area contributed by atoms with E-state index in [2.05, 4.69) is 26.1 Å². The van der Waals surface area contributed by atoms with Crippen LogP contribution in [0.25, 0.3) is 0 Å². The summed E-state index contributed by atoms with van der Waals surface area (Å²) in [5.41, 5.74) is 0.634. The molecule has 0 N–H and O–H groups in total. The third kappa shape index (κ3) is 2.99. The van der Waals surface area contributed by atoms with Crippen molar-refractivity contribution in [2.45, 2.75) is 18.9 Å². The highest BCUT2D eigenvalue weighted by Gasteiger charge is 2.26. The van der Waals surface area contributed by atoms with E-state index in [1.165, 1.54) is 0 Å². The average molecular weight is 365 g/mol. The molecule has 0 unspecified atom stereocenters. The van der Waals surface area contributed by atoms with Crippen LogP contribution in [0.5, 0.6) is 5.75 Å². The number of hydrogen-bond donors (Lipinski definition) is 0. The SMILES string of the molecule is COc1ccc(Br)c(C(=O)N2CCC(n3nccn3)CC2)c1. The first-order chi connectivity index (χ1) is 10.7. The van der Waals surface area contributed by atoms with Gasteiger partial charge in [0.15, 0.2) is 0 Å². The number of amides is 1. The molecule has 0 aliphatic carbocycles. The monoisotopic (exact) mass is 364 g/mol. The molecule has 3 rings (SSSR count). The third-order valence-electron chi connectivity index (χ3n) is 3.92. The zero-order valence-electron chi connectivity index (χ0n) is 12.3. The lowest BCUT2D eigenvalue weighted by atomic mass is 10.0. The molecule has 1 aromatic carbocycles. The van der Waals surface area contributed by atoms with Gasteiger partial charge in [0.1, 0.15) is 5.75 Å². The van der Waals surface area contributed by atoms with Gasteiger partial charge in [0, 0.05) is 17.6 Å². The number of methoxy groups -OCH3 is 1. The van der Waals surface area contributed by atoms with Gasteiger partial charge < -0.3 is 9.64 Å². The Kier molecular flexibility index (Phi) is 4.42. The van der Waals surface area contributed by atoms with Gasteiger partial charge in [-0.25, -0.2) is 0 Å². The zero-order valence-corrected chi connectivity index (χ0v) is 13.9. The zero-order chi connectivity index (χ0) is 15.5. The maximum Gasteiger partial charge on any atom is 0.255 e. The summed E-state index contributed by atoms with van der Waals surface area (Å²) in [5.74, 6) is 0.708. The molecular weight excluding hydrogens is 348 g/mol. The normalized spacial score (nSPS) is 15.8. The number of ether oxygens (including phenoxy) is 1. The van der Waals surface area contributed by atoms with Crippen molar-refractivity contribution in [3.8, 4) is 5.75 Å². The molecule has 116 valence electrons. The van der Waals surface area contributed by atoms with Crippen molar-refractivity contribution in [2.75, 3.05) is 20.2 Å². The minimum Gasteiger partial charge on any atom is -0.497 e. The van der Waals surface area contributed by atoms with Crippen molar-refractivity contribution in [3.05, 3.63) is 40.6 Å². The molecule has 0 saturated carbocycles. The topological polar surface area (TPSA) is 60.2 Å². The van der Waals surface area contributed by atoms with Crippen LogP contribution in [0.4, 0.5) is 0 Å². The highest BCUT2D eigenvalue weighted by molar-refractivity contribution is 9.10. The van der Waals surface area contributed by atoms with Gasteiger partial charge in [-0.15, -0.1) is 0 Å². The summed E-state index contributed by atoms with van der Waals surface area (Å²) in [5, 5.41) is 8.37. The van der Waals surface area contributed by atoms with Crippen LogP contribution >= 0.6 is 15.9 Å². The molecular formula is C15H17BrN4O2. The van der Waals surface area contributed by atoms with Gasteiger partial charge in [-0.3, -0.25) is 4.79 Å². The minimum atomic E-state index is 0.0256. The first-order valence-corrected chi connectivity index (χ1v) is 7.97. The quantitative estimate of drug-likeness (QED) is 0.839. The molecule has 6 nitrogen and oxygen atoms in total. The van der Waals surface area contributed by atoms with Gasteiger partial charge in [-0.05, 0) is 47.0 Å². The van der Waals surface area contributed by atoms with E-state index in [4.69, 9.17) is 4.74 Å². The summed E-state index contributed by atoms with van der Waals surface area (Å²) < 4.78 is 5.99. The molecule has 0 radical (unpaired) electrons. The van der Waals surface area contributed by atoms with Crippen LogP contribution < -0.4 is 4.74 Å².